The minimum Gasteiger partial charge on any atom is -0.450 e. The van der Waals surface area contributed by atoms with Crippen molar-refractivity contribution in [2.75, 3.05) is 46.5 Å². The van der Waals surface area contributed by atoms with Crippen molar-refractivity contribution in [3.8, 4) is 0 Å². The fraction of sp³-hybridized carbons (Fsp3) is 0.560. The van der Waals surface area contributed by atoms with E-state index in [0.717, 1.165) is 58.5 Å². The second kappa shape index (κ2) is 9.36. The van der Waals surface area contributed by atoms with Crippen molar-refractivity contribution < 1.29 is 14.3 Å². The van der Waals surface area contributed by atoms with E-state index in [1.165, 1.54) is 16.3 Å². The third-order valence-electron chi connectivity index (χ3n) is 7.04. The van der Waals surface area contributed by atoms with E-state index in [9.17, 15) is 4.79 Å². The van der Waals surface area contributed by atoms with E-state index in [-0.39, 0.29) is 11.5 Å². The molecule has 0 aliphatic carbocycles. The molecule has 2 aromatic carbocycles. The van der Waals surface area contributed by atoms with Crippen LogP contribution in [0.4, 0.5) is 4.79 Å². The minimum atomic E-state index is -0.162. The van der Waals surface area contributed by atoms with Gasteiger partial charge in [0, 0.05) is 31.7 Å². The maximum atomic E-state index is 12.0. The van der Waals surface area contributed by atoms with Crippen LogP contribution in [0.15, 0.2) is 42.5 Å². The summed E-state index contributed by atoms with van der Waals surface area (Å²) in [5, 5.41) is 2.66. The Morgan fingerprint density at radius 2 is 1.73 bits per heavy atom. The molecule has 30 heavy (non-hydrogen) atoms. The Morgan fingerprint density at radius 3 is 2.43 bits per heavy atom. The molecule has 2 heterocycles. The molecule has 0 bridgehead atoms. The number of rotatable bonds is 5. The Labute approximate surface area is 179 Å². The maximum Gasteiger partial charge on any atom is 0.409 e. The van der Waals surface area contributed by atoms with Crippen molar-refractivity contribution in [2.45, 2.75) is 44.1 Å². The number of amides is 1. The summed E-state index contributed by atoms with van der Waals surface area (Å²) in [5.74, 6) is 0. The molecule has 2 aliphatic rings. The summed E-state index contributed by atoms with van der Waals surface area (Å²) in [6.45, 7) is 6.82. The van der Waals surface area contributed by atoms with Crippen molar-refractivity contribution in [1.82, 2.24) is 9.80 Å². The molecule has 0 saturated carbocycles. The number of likely N-dealkylation sites (tertiary alicyclic amines) is 2. The van der Waals surface area contributed by atoms with Crippen LogP contribution >= 0.6 is 0 Å². The van der Waals surface area contributed by atoms with Gasteiger partial charge in [-0.25, -0.2) is 4.79 Å². The van der Waals surface area contributed by atoms with E-state index >= 15 is 0 Å². The SMILES string of the molecule is CCOC(=O)N1CCC(N2CCC(COC)(c3cccc4ccccc34)CC2)CC1. The average molecular weight is 411 g/mol. The van der Waals surface area contributed by atoms with Gasteiger partial charge in [0.15, 0.2) is 0 Å². The molecular formula is C25H34N2O3. The summed E-state index contributed by atoms with van der Waals surface area (Å²) in [6.07, 6.45) is 4.11. The quantitative estimate of drug-likeness (QED) is 0.731. The van der Waals surface area contributed by atoms with Crippen molar-refractivity contribution in [3.05, 3.63) is 48.0 Å². The number of hydrogen-bond acceptors (Lipinski definition) is 4. The molecule has 162 valence electrons. The highest BCUT2D eigenvalue weighted by molar-refractivity contribution is 5.86. The monoisotopic (exact) mass is 410 g/mol. The van der Waals surface area contributed by atoms with E-state index in [4.69, 9.17) is 9.47 Å². The first-order chi connectivity index (χ1) is 14.7. The van der Waals surface area contributed by atoms with E-state index < -0.39 is 0 Å². The number of carbonyl (C=O) groups is 1. The topological polar surface area (TPSA) is 42.0 Å². The smallest absolute Gasteiger partial charge is 0.409 e. The molecular weight excluding hydrogens is 376 g/mol. The lowest BCUT2D eigenvalue weighted by molar-refractivity contribution is 0.0343. The molecule has 2 saturated heterocycles. The van der Waals surface area contributed by atoms with Gasteiger partial charge in [0.2, 0.25) is 0 Å². The van der Waals surface area contributed by atoms with Gasteiger partial charge in [-0.3, -0.25) is 0 Å². The molecule has 0 radical (unpaired) electrons. The van der Waals surface area contributed by atoms with Crippen LogP contribution in [-0.4, -0.2) is 68.4 Å². The number of carbonyl (C=O) groups excluding carboxylic acids is 1. The summed E-state index contributed by atoms with van der Waals surface area (Å²) >= 11 is 0. The van der Waals surface area contributed by atoms with Gasteiger partial charge in [-0.2, -0.15) is 0 Å². The van der Waals surface area contributed by atoms with Crippen LogP contribution < -0.4 is 0 Å². The molecule has 0 aromatic heterocycles. The highest BCUT2D eigenvalue weighted by atomic mass is 16.6. The van der Waals surface area contributed by atoms with E-state index in [1.807, 2.05) is 18.9 Å². The first-order valence-electron chi connectivity index (χ1n) is 11.3. The first-order valence-corrected chi connectivity index (χ1v) is 11.3. The van der Waals surface area contributed by atoms with E-state index in [0.29, 0.717) is 12.6 Å². The third kappa shape index (κ3) is 4.19. The van der Waals surface area contributed by atoms with Gasteiger partial charge in [-0.05, 0) is 62.0 Å². The zero-order chi connectivity index (χ0) is 21.0. The van der Waals surface area contributed by atoms with Crippen molar-refractivity contribution in [3.63, 3.8) is 0 Å². The van der Waals surface area contributed by atoms with Crippen molar-refractivity contribution >= 4 is 16.9 Å². The van der Waals surface area contributed by atoms with Crippen LogP contribution in [0.1, 0.15) is 38.2 Å². The third-order valence-corrected chi connectivity index (χ3v) is 7.04. The first kappa shape index (κ1) is 21.1. The van der Waals surface area contributed by atoms with Gasteiger partial charge in [0.05, 0.1) is 13.2 Å². The molecule has 0 N–H and O–H groups in total. The largest absolute Gasteiger partial charge is 0.450 e. The predicted molar refractivity (Wildman–Crippen MR) is 120 cm³/mol. The minimum absolute atomic E-state index is 0.0672. The van der Waals surface area contributed by atoms with Gasteiger partial charge >= 0.3 is 6.09 Å². The summed E-state index contributed by atoms with van der Waals surface area (Å²) in [5.41, 5.74) is 1.50. The number of ether oxygens (including phenoxy) is 2. The molecule has 0 unspecified atom stereocenters. The average Bonchev–Trinajstić information content (AvgIpc) is 2.80. The van der Waals surface area contributed by atoms with Crippen molar-refractivity contribution in [2.24, 2.45) is 0 Å². The molecule has 2 fully saturated rings. The standard InChI is InChI=1S/C25H34N2O3/c1-3-30-24(28)27-15-11-21(12-16-27)26-17-13-25(14-18-26,19-29-2)23-10-6-8-20-7-4-5-9-22(20)23/h4-10,21H,3,11-19H2,1-2H3. The maximum absolute atomic E-state index is 12.0. The lowest BCUT2D eigenvalue weighted by Crippen LogP contribution is -2.52. The number of piperidine rings is 2. The summed E-state index contributed by atoms with van der Waals surface area (Å²) in [7, 11) is 1.82. The Balaban J connectivity index is 1.44. The van der Waals surface area contributed by atoms with Crippen LogP contribution in [0.3, 0.4) is 0 Å². The number of hydrogen-bond donors (Lipinski definition) is 0. The Morgan fingerprint density at radius 1 is 1.03 bits per heavy atom. The molecule has 2 aromatic rings. The molecule has 5 heteroatoms. The summed E-state index contributed by atoms with van der Waals surface area (Å²) in [6, 6.07) is 15.9. The number of fused-ring (bicyclic) bond motifs is 1. The van der Waals surface area contributed by atoms with Gasteiger partial charge in [-0.15, -0.1) is 0 Å². The number of nitrogens with zero attached hydrogens (tertiary/aromatic N) is 2. The highest BCUT2D eigenvalue weighted by Gasteiger charge is 2.39. The second-order valence-corrected chi connectivity index (χ2v) is 8.69. The fourth-order valence-corrected chi connectivity index (χ4v) is 5.40. The van der Waals surface area contributed by atoms with Crippen molar-refractivity contribution in [1.29, 1.82) is 0 Å². The molecule has 0 atom stereocenters. The van der Waals surface area contributed by atoms with Gasteiger partial charge in [-0.1, -0.05) is 42.5 Å². The Bertz CT molecular complexity index is 847. The lowest BCUT2D eigenvalue weighted by Gasteiger charge is -2.46. The zero-order valence-corrected chi connectivity index (χ0v) is 18.3. The molecule has 2 aliphatic heterocycles. The summed E-state index contributed by atoms with van der Waals surface area (Å²) in [4.78, 5) is 16.5. The lowest BCUT2D eigenvalue weighted by atomic mass is 9.71. The van der Waals surface area contributed by atoms with E-state index in [2.05, 4.69) is 47.4 Å². The predicted octanol–water partition coefficient (Wildman–Crippen LogP) is 4.44. The normalized spacial score (nSPS) is 20.4. The molecule has 1 amide bonds. The summed E-state index contributed by atoms with van der Waals surface area (Å²) < 4.78 is 10.9. The van der Waals surface area contributed by atoms with Gasteiger partial charge in [0.1, 0.15) is 0 Å². The zero-order valence-electron chi connectivity index (χ0n) is 18.3. The van der Waals surface area contributed by atoms with Gasteiger partial charge in [0.25, 0.3) is 0 Å². The highest BCUT2D eigenvalue weighted by Crippen LogP contribution is 2.40. The fourth-order valence-electron chi connectivity index (χ4n) is 5.40. The van der Waals surface area contributed by atoms with Crippen LogP contribution in [0.25, 0.3) is 10.8 Å². The number of benzene rings is 2. The number of methoxy groups -OCH3 is 1. The Hall–Kier alpha value is -2.11. The van der Waals surface area contributed by atoms with E-state index in [1.54, 1.807) is 0 Å². The van der Waals surface area contributed by atoms with Crippen LogP contribution in [0.5, 0.6) is 0 Å². The second-order valence-electron chi connectivity index (χ2n) is 8.69. The van der Waals surface area contributed by atoms with Crippen LogP contribution in [0, 0.1) is 0 Å². The Kier molecular flexibility index (Phi) is 6.59. The molecule has 4 rings (SSSR count). The van der Waals surface area contributed by atoms with Crippen LogP contribution in [-0.2, 0) is 14.9 Å². The molecule has 0 spiro atoms. The van der Waals surface area contributed by atoms with Gasteiger partial charge < -0.3 is 19.3 Å². The van der Waals surface area contributed by atoms with Crippen LogP contribution in [0.2, 0.25) is 0 Å². The molecule has 5 nitrogen and oxygen atoms in total.